The van der Waals surface area contributed by atoms with Crippen LogP contribution in [0.3, 0.4) is 0 Å². The Balaban J connectivity index is 1.99. The van der Waals surface area contributed by atoms with E-state index in [1.165, 1.54) is 0 Å². The maximum atomic E-state index is 5.65. The first-order valence-corrected chi connectivity index (χ1v) is 5.72. The van der Waals surface area contributed by atoms with Gasteiger partial charge in [0.1, 0.15) is 18.1 Å². The average Bonchev–Trinajstić information content (AvgIpc) is 2.46. The van der Waals surface area contributed by atoms with E-state index < -0.39 is 0 Å². The molecule has 0 N–H and O–H groups in total. The molecule has 0 amide bonds. The Bertz CT molecular complexity index is 515. The van der Waals surface area contributed by atoms with Gasteiger partial charge in [-0.1, -0.05) is 36.9 Å². The van der Waals surface area contributed by atoms with Crippen molar-refractivity contribution >= 4 is 6.08 Å². The highest BCUT2D eigenvalue weighted by Crippen LogP contribution is 2.19. The smallest absolute Gasteiger partial charge is 0.131 e. The molecule has 0 aliphatic rings. The zero-order valence-corrected chi connectivity index (χ0v) is 10.3. The van der Waals surface area contributed by atoms with Crippen LogP contribution in [0.15, 0.2) is 49.0 Å². The van der Waals surface area contributed by atoms with E-state index in [-0.39, 0.29) is 0 Å². The second kappa shape index (κ2) is 5.92. The Kier molecular flexibility index (Phi) is 4.02. The standard InChI is InChI=1S/C16H15O2/c1-3-13-7-9-14(10-8-13)12-18-16-6-4-5-15(11-16)17-2/h3-5,7-11H,1,12H2,2H3. The van der Waals surface area contributed by atoms with Crippen molar-refractivity contribution in [2.24, 2.45) is 0 Å². The number of hydrogen-bond acceptors (Lipinski definition) is 2. The van der Waals surface area contributed by atoms with Crippen LogP contribution >= 0.6 is 0 Å². The van der Waals surface area contributed by atoms with Crippen LogP contribution in [-0.2, 0) is 6.61 Å². The number of benzene rings is 2. The van der Waals surface area contributed by atoms with Crippen LogP contribution in [-0.4, -0.2) is 7.11 Å². The highest BCUT2D eigenvalue weighted by atomic mass is 16.5. The summed E-state index contributed by atoms with van der Waals surface area (Å²) in [6.45, 7) is 4.24. The molecule has 18 heavy (non-hydrogen) atoms. The predicted molar refractivity (Wildman–Crippen MR) is 72.7 cm³/mol. The Morgan fingerprint density at radius 2 is 2.00 bits per heavy atom. The third-order valence-corrected chi connectivity index (χ3v) is 2.59. The van der Waals surface area contributed by atoms with E-state index in [1.807, 2.05) is 42.5 Å². The third-order valence-electron chi connectivity index (χ3n) is 2.59. The van der Waals surface area contributed by atoms with Crippen molar-refractivity contribution in [3.8, 4) is 11.5 Å². The van der Waals surface area contributed by atoms with Gasteiger partial charge in [-0.15, -0.1) is 0 Å². The normalized spacial score (nSPS) is 9.83. The van der Waals surface area contributed by atoms with Crippen molar-refractivity contribution in [3.05, 3.63) is 66.2 Å². The van der Waals surface area contributed by atoms with E-state index in [0.717, 1.165) is 16.9 Å². The first kappa shape index (κ1) is 12.2. The molecule has 0 unspecified atom stereocenters. The Labute approximate surface area is 107 Å². The molecular formula is C16H15O2. The molecule has 2 aromatic carbocycles. The number of hydrogen-bond donors (Lipinski definition) is 0. The molecule has 0 aliphatic heterocycles. The number of ether oxygens (including phenoxy) is 2. The molecule has 2 aromatic rings. The zero-order chi connectivity index (χ0) is 12.8. The lowest BCUT2D eigenvalue weighted by molar-refractivity contribution is 0.303. The summed E-state index contributed by atoms with van der Waals surface area (Å²) in [5, 5.41) is 0. The molecule has 0 aromatic heterocycles. The summed E-state index contributed by atoms with van der Waals surface area (Å²) in [5.41, 5.74) is 2.21. The summed E-state index contributed by atoms with van der Waals surface area (Å²) in [4.78, 5) is 0. The monoisotopic (exact) mass is 239 g/mol. The van der Waals surface area contributed by atoms with Crippen molar-refractivity contribution in [2.45, 2.75) is 6.61 Å². The van der Waals surface area contributed by atoms with Crippen LogP contribution < -0.4 is 9.47 Å². The van der Waals surface area contributed by atoms with Crippen LogP contribution in [0.5, 0.6) is 11.5 Å². The molecule has 0 bridgehead atoms. The summed E-state index contributed by atoms with van der Waals surface area (Å²) in [5.74, 6) is 1.45. The molecule has 0 fully saturated rings. The highest BCUT2D eigenvalue weighted by molar-refractivity contribution is 5.47. The fourth-order valence-electron chi connectivity index (χ4n) is 1.55. The van der Waals surface area contributed by atoms with Crippen LogP contribution in [0, 0.1) is 6.07 Å². The summed E-state index contributed by atoms with van der Waals surface area (Å²) in [6, 6.07) is 16.5. The fraction of sp³-hybridized carbons (Fsp3) is 0.125. The van der Waals surface area contributed by atoms with Crippen molar-refractivity contribution in [1.82, 2.24) is 0 Å². The summed E-state index contributed by atoms with van der Waals surface area (Å²) >= 11 is 0. The van der Waals surface area contributed by atoms with E-state index >= 15 is 0 Å². The van der Waals surface area contributed by atoms with Crippen LogP contribution in [0.25, 0.3) is 6.08 Å². The lowest BCUT2D eigenvalue weighted by atomic mass is 10.1. The molecule has 2 rings (SSSR count). The van der Waals surface area contributed by atoms with Gasteiger partial charge in [-0.25, -0.2) is 0 Å². The molecule has 0 aliphatic carbocycles. The van der Waals surface area contributed by atoms with Gasteiger partial charge in [0.15, 0.2) is 0 Å². The Morgan fingerprint density at radius 1 is 1.22 bits per heavy atom. The van der Waals surface area contributed by atoms with Crippen molar-refractivity contribution in [2.75, 3.05) is 7.11 Å². The van der Waals surface area contributed by atoms with Crippen molar-refractivity contribution in [3.63, 3.8) is 0 Å². The molecule has 2 heteroatoms. The molecule has 91 valence electrons. The Hall–Kier alpha value is -2.22. The number of methoxy groups -OCH3 is 1. The second-order valence-electron chi connectivity index (χ2n) is 3.83. The quantitative estimate of drug-likeness (QED) is 0.791. The minimum Gasteiger partial charge on any atom is -0.497 e. The van der Waals surface area contributed by atoms with Gasteiger partial charge in [0, 0.05) is 12.1 Å². The van der Waals surface area contributed by atoms with Gasteiger partial charge in [0.25, 0.3) is 0 Å². The SMILES string of the molecule is C=Cc1ccc(COc2[c]ccc(OC)c2)cc1. The maximum Gasteiger partial charge on any atom is 0.131 e. The second-order valence-corrected chi connectivity index (χ2v) is 3.83. The van der Waals surface area contributed by atoms with E-state index in [0.29, 0.717) is 12.4 Å². The predicted octanol–water partition coefficient (Wildman–Crippen LogP) is 3.72. The fourth-order valence-corrected chi connectivity index (χ4v) is 1.55. The topological polar surface area (TPSA) is 18.5 Å². The van der Waals surface area contributed by atoms with Crippen LogP contribution in [0.1, 0.15) is 11.1 Å². The molecule has 0 saturated carbocycles. The summed E-state index contributed by atoms with van der Waals surface area (Å²) < 4.78 is 10.8. The minimum atomic E-state index is 0.515. The Morgan fingerprint density at radius 3 is 2.67 bits per heavy atom. The van der Waals surface area contributed by atoms with Gasteiger partial charge in [0.05, 0.1) is 7.11 Å². The molecule has 1 radical (unpaired) electrons. The van der Waals surface area contributed by atoms with E-state index in [2.05, 4.69) is 12.6 Å². The molecular weight excluding hydrogens is 224 g/mol. The summed E-state index contributed by atoms with van der Waals surface area (Å²) in [6.07, 6.45) is 1.82. The molecule has 0 atom stereocenters. The maximum absolute atomic E-state index is 5.65. The van der Waals surface area contributed by atoms with Gasteiger partial charge >= 0.3 is 0 Å². The highest BCUT2D eigenvalue weighted by Gasteiger charge is 1.98. The van der Waals surface area contributed by atoms with Gasteiger partial charge in [-0.3, -0.25) is 0 Å². The zero-order valence-electron chi connectivity index (χ0n) is 10.3. The number of rotatable bonds is 5. The van der Waals surface area contributed by atoms with Gasteiger partial charge in [-0.2, -0.15) is 0 Å². The van der Waals surface area contributed by atoms with Crippen LogP contribution in [0.2, 0.25) is 0 Å². The van der Waals surface area contributed by atoms with E-state index in [4.69, 9.17) is 9.47 Å². The van der Waals surface area contributed by atoms with E-state index in [9.17, 15) is 0 Å². The lowest BCUT2D eigenvalue weighted by Crippen LogP contribution is -1.95. The molecule has 0 saturated heterocycles. The third kappa shape index (κ3) is 3.14. The lowest BCUT2D eigenvalue weighted by Gasteiger charge is -2.07. The van der Waals surface area contributed by atoms with Gasteiger partial charge in [0.2, 0.25) is 0 Å². The molecule has 2 nitrogen and oxygen atoms in total. The molecule has 0 spiro atoms. The largest absolute Gasteiger partial charge is 0.497 e. The van der Waals surface area contributed by atoms with Crippen molar-refractivity contribution in [1.29, 1.82) is 0 Å². The minimum absolute atomic E-state index is 0.515. The van der Waals surface area contributed by atoms with Gasteiger partial charge in [-0.05, 0) is 23.3 Å². The van der Waals surface area contributed by atoms with Gasteiger partial charge < -0.3 is 9.47 Å². The first-order valence-electron chi connectivity index (χ1n) is 5.72. The molecule has 0 heterocycles. The first-order chi connectivity index (χ1) is 8.81. The average molecular weight is 239 g/mol. The summed E-state index contributed by atoms with van der Waals surface area (Å²) in [7, 11) is 1.63. The van der Waals surface area contributed by atoms with E-state index in [1.54, 1.807) is 13.2 Å². The van der Waals surface area contributed by atoms with Crippen LogP contribution in [0.4, 0.5) is 0 Å². The van der Waals surface area contributed by atoms with Crippen molar-refractivity contribution < 1.29 is 9.47 Å².